The van der Waals surface area contributed by atoms with Crippen molar-refractivity contribution in [3.63, 3.8) is 0 Å². The first kappa shape index (κ1) is 21.2. The minimum absolute atomic E-state index is 0.134. The lowest BCUT2D eigenvalue weighted by Crippen LogP contribution is -2.14. The molecule has 1 fully saturated rings. The van der Waals surface area contributed by atoms with Gasteiger partial charge in [-0.05, 0) is 79.8 Å². The summed E-state index contributed by atoms with van der Waals surface area (Å²) in [5, 5.41) is 0.922. The highest BCUT2D eigenvalue weighted by Crippen LogP contribution is 2.42. The average Bonchev–Trinajstić information content (AvgIpc) is 3.13. The van der Waals surface area contributed by atoms with Crippen LogP contribution >= 0.6 is 0 Å². The van der Waals surface area contributed by atoms with E-state index in [1.807, 2.05) is 12.3 Å². The summed E-state index contributed by atoms with van der Waals surface area (Å²) < 4.78 is 39.6. The van der Waals surface area contributed by atoms with Crippen LogP contribution in [0, 0.1) is 6.92 Å². The van der Waals surface area contributed by atoms with E-state index in [0.717, 1.165) is 53.4 Å². The molecular formula is C24H24F3N3O. The van der Waals surface area contributed by atoms with Gasteiger partial charge in [0.05, 0.1) is 5.56 Å². The summed E-state index contributed by atoms with van der Waals surface area (Å²) in [4.78, 5) is 18.6. The van der Waals surface area contributed by atoms with Gasteiger partial charge in [-0.2, -0.15) is 13.2 Å². The molecule has 0 unspecified atom stereocenters. The molecule has 2 aromatic heterocycles. The number of rotatable bonds is 4. The van der Waals surface area contributed by atoms with E-state index in [2.05, 4.69) is 16.0 Å². The van der Waals surface area contributed by atoms with Crippen LogP contribution in [0.5, 0.6) is 0 Å². The lowest BCUT2D eigenvalue weighted by Gasteiger charge is -2.29. The number of fused-ring (bicyclic) bond motifs is 1. The van der Waals surface area contributed by atoms with Gasteiger partial charge in [0.1, 0.15) is 5.65 Å². The Labute approximate surface area is 178 Å². The van der Waals surface area contributed by atoms with Gasteiger partial charge < -0.3 is 10.7 Å². The molecule has 0 bridgehead atoms. The summed E-state index contributed by atoms with van der Waals surface area (Å²) in [6.07, 6.45) is 5.77. The SMILES string of the molecule is Cc1cc(C2CCC(c3cnc4[nH]cc(/C=C/C(N)=O)c4c3)CC2)cc(C(F)(F)F)c1. The number of carbonyl (C=O) groups excluding carboxylic acids is 1. The van der Waals surface area contributed by atoms with Crippen LogP contribution in [0.3, 0.4) is 0 Å². The second kappa shape index (κ2) is 8.21. The van der Waals surface area contributed by atoms with E-state index < -0.39 is 17.6 Å². The predicted molar refractivity (Wildman–Crippen MR) is 114 cm³/mol. The third-order valence-electron chi connectivity index (χ3n) is 6.11. The van der Waals surface area contributed by atoms with Gasteiger partial charge in [0.25, 0.3) is 0 Å². The second-order valence-electron chi connectivity index (χ2n) is 8.32. The summed E-state index contributed by atoms with van der Waals surface area (Å²) in [5.74, 6) is -0.0696. The minimum Gasteiger partial charge on any atom is -0.366 e. The van der Waals surface area contributed by atoms with E-state index in [4.69, 9.17) is 5.73 Å². The van der Waals surface area contributed by atoms with Gasteiger partial charge in [-0.15, -0.1) is 0 Å². The molecule has 0 radical (unpaired) electrons. The van der Waals surface area contributed by atoms with Crippen LogP contribution in [0.25, 0.3) is 17.1 Å². The van der Waals surface area contributed by atoms with Crippen molar-refractivity contribution in [2.45, 2.75) is 50.6 Å². The Bertz CT molecular complexity index is 1140. The van der Waals surface area contributed by atoms with Crippen molar-refractivity contribution in [2.24, 2.45) is 5.73 Å². The van der Waals surface area contributed by atoms with Crippen LogP contribution in [0.4, 0.5) is 13.2 Å². The molecule has 4 nitrogen and oxygen atoms in total. The monoisotopic (exact) mass is 427 g/mol. The Morgan fingerprint density at radius 2 is 1.77 bits per heavy atom. The number of aromatic amines is 1. The van der Waals surface area contributed by atoms with Crippen LogP contribution in [-0.2, 0) is 11.0 Å². The van der Waals surface area contributed by atoms with Gasteiger partial charge in [-0.25, -0.2) is 4.98 Å². The number of H-pyrrole nitrogens is 1. The molecule has 1 aromatic carbocycles. The van der Waals surface area contributed by atoms with Crippen molar-refractivity contribution >= 4 is 23.0 Å². The molecule has 1 saturated carbocycles. The number of alkyl halides is 3. The third-order valence-corrected chi connectivity index (χ3v) is 6.11. The number of nitrogens with zero attached hydrogens (tertiary/aromatic N) is 1. The van der Waals surface area contributed by atoms with Crippen molar-refractivity contribution in [1.29, 1.82) is 0 Å². The number of nitrogens with two attached hydrogens (primary N) is 1. The molecule has 2 heterocycles. The first-order valence-electron chi connectivity index (χ1n) is 10.3. The number of carbonyl (C=O) groups is 1. The molecule has 162 valence electrons. The van der Waals surface area contributed by atoms with E-state index in [9.17, 15) is 18.0 Å². The van der Waals surface area contributed by atoms with E-state index in [1.165, 1.54) is 18.2 Å². The number of hydrogen-bond donors (Lipinski definition) is 2. The zero-order chi connectivity index (χ0) is 22.2. The molecule has 7 heteroatoms. The smallest absolute Gasteiger partial charge is 0.366 e. The molecule has 0 saturated heterocycles. The number of nitrogens with one attached hydrogen (secondary N) is 1. The highest BCUT2D eigenvalue weighted by molar-refractivity contribution is 5.94. The second-order valence-corrected chi connectivity index (χ2v) is 8.32. The van der Waals surface area contributed by atoms with Crippen molar-refractivity contribution < 1.29 is 18.0 Å². The summed E-state index contributed by atoms with van der Waals surface area (Å²) in [5.41, 5.74) is 8.74. The quantitative estimate of drug-likeness (QED) is 0.514. The Morgan fingerprint density at radius 1 is 1.10 bits per heavy atom. The summed E-state index contributed by atoms with van der Waals surface area (Å²) >= 11 is 0. The van der Waals surface area contributed by atoms with Crippen molar-refractivity contribution in [1.82, 2.24) is 9.97 Å². The van der Waals surface area contributed by atoms with Gasteiger partial charge in [0.15, 0.2) is 0 Å². The fourth-order valence-electron chi connectivity index (χ4n) is 4.55. The Hall–Kier alpha value is -3.09. The maximum atomic E-state index is 13.2. The van der Waals surface area contributed by atoms with Gasteiger partial charge in [-0.3, -0.25) is 4.79 Å². The van der Waals surface area contributed by atoms with E-state index in [-0.39, 0.29) is 5.92 Å². The molecule has 1 aliphatic rings. The number of hydrogen-bond acceptors (Lipinski definition) is 2. The number of amides is 1. The van der Waals surface area contributed by atoms with E-state index >= 15 is 0 Å². The van der Waals surface area contributed by atoms with Crippen LogP contribution in [0.2, 0.25) is 0 Å². The zero-order valence-electron chi connectivity index (χ0n) is 17.2. The molecule has 0 spiro atoms. The third kappa shape index (κ3) is 4.65. The topological polar surface area (TPSA) is 71.8 Å². The molecule has 31 heavy (non-hydrogen) atoms. The standard InChI is InChI=1S/C24H24F3N3O/c1-14-8-18(10-20(9-14)24(25,26)27)15-2-4-16(5-3-15)19-11-21-17(6-7-22(28)31)12-29-23(21)30-13-19/h6-13,15-16H,2-5H2,1H3,(H2,28,31)(H,29,30)/b7-6+. The molecule has 1 amide bonds. The molecule has 0 aliphatic heterocycles. The number of pyridine rings is 1. The molecule has 1 aliphatic carbocycles. The molecule has 3 aromatic rings. The number of halogens is 3. The van der Waals surface area contributed by atoms with Gasteiger partial charge in [0, 0.05) is 29.4 Å². The van der Waals surface area contributed by atoms with Gasteiger partial charge in [-0.1, -0.05) is 11.6 Å². The lowest BCUT2D eigenvalue weighted by molar-refractivity contribution is -0.137. The van der Waals surface area contributed by atoms with Gasteiger partial charge in [0.2, 0.25) is 5.91 Å². The summed E-state index contributed by atoms with van der Waals surface area (Å²) in [7, 11) is 0. The molecular weight excluding hydrogens is 403 g/mol. The minimum atomic E-state index is -4.32. The number of benzene rings is 1. The summed E-state index contributed by atoms with van der Waals surface area (Å²) in [6, 6.07) is 6.48. The van der Waals surface area contributed by atoms with Crippen molar-refractivity contribution in [3.05, 3.63) is 70.6 Å². The number of aromatic nitrogens is 2. The van der Waals surface area contributed by atoms with Crippen LogP contribution < -0.4 is 5.73 Å². The molecule has 3 N–H and O–H groups in total. The van der Waals surface area contributed by atoms with Crippen LogP contribution in [-0.4, -0.2) is 15.9 Å². The van der Waals surface area contributed by atoms with E-state index in [0.29, 0.717) is 11.5 Å². The Morgan fingerprint density at radius 3 is 2.42 bits per heavy atom. The van der Waals surface area contributed by atoms with Crippen molar-refractivity contribution in [2.75, 3.05) is 0 Å². The highest BCUT2D eigenvalue weighted by atomic mass is 19.4. The first-order valence-corrected chi connectivity index (χ1v) is 10.3. The van der Waals surface area contributed by atoms with Gasteiger partial charge >= 0.3 is 6.18 Å². The zero-order valence-corrected chi connectivity index (χ0v) is 17.2. The predicted octanol–water partition coefficient (Wildman–Crippen LogP) is 5.83. The average molecular weight is 427 g/mol. The molecule has 4 rings (SSSR count). The number of primary amides is 1. The lowest BCUT2D eigenvalue weighted by atomic mass is 9.76. The number of aryl methyl sites for hydroxylation is 1. The fourth-order valence-corrected chi connectivity index (χ4v) is 4.55. The fraction of sp³-hybridized carbons (Fsp3) is 0.333. The first-order chi connectivity index (χ1) is 14.7. The Balaban J connectivity index is 1.51. The van der Waals surface area contributed by atoms with Crippen LogP contribution in [0.15, 0.2) is 42.7 Å². The highest BCUT2D eigenvalue weighted by Gasteiger charge is 2.32. The maximum absolute atomic E-state index is 13.2. The van der Waals surface area contributed by atoms with Crippen LogP contribution in [0.1, 0.15) is 65.3 Å². The summed E-state index contributed by atoms with van der Waals surface area (Å²) in [6.45, 7) is 1.71. The van der Waals surface area contributed by atoms with E-state index in [1.54, 1.807) is 19.2 Å². The largest absolute Gasteiger partial charge is 0.416 e. The Kier molecular flexibility index (Phi) is 5.60. The van der Waals surface area contributed by atoms with Crippen molar-refractivity contribution in [3.8, 4) is 0 Å². The maximum Gasteiger partial charge on any atom is 0.416 e. The normalized spacial score (nSPS) is 19.9. The molecule has 0 atom stereocenters.